The summed E-state index contributed by atoms with van der Waals surface area (Å²) in [5, 5.41) is 4.24. The van der Waals surface area contributed by atoms with Gasteiger partial charge in [-0.25, -0.2) is 4.39 Å². The average molecular weight is 302 g/mol. The third-order valence-electron chi connectivity index (χ3n) is 3.26. The lowest BCUT2D eigenvalue weighted by Gasteiger charge is -2.13. The molecule has 106 valence electrons. The Balaban J connectivity index is 2.19. The van der Waals surface area contributed by atoms with Gasteiger partial charge >= 0.3 is 0 Å². The number of nitrogens with one attached hydrogen (secondary N) is 1. The first-order chi connectivity index (χ1) is 10.1. The molecular weight excluding hydrogens is 289 g/mol. The highest BCUT2D eigenvalue weighted by atomic mass is 35.5. The van der Waals surface area contributed by atoms with Gasteiger partial charge in [-0.2, -0.15) is 0 Å². The molecule has 21 heavy (non-hydrogen) atoms. The topological polar surface area (TPSA) is 50.9 Å². The zero-order valence-electron chi connectivity index (χ0n) is 11.3. The van der Waals surface area contributed by atoms with Crippen LogP contribution in [0.3, 0.4) is 0 Å². The molecule has 0 amide bonds. The van der Waals surface area contributed by atoms with Gasteiger partial charge < -0.3 is 11.1 Å². The van der Waals surface area contributed by atoms with Crippen LogP contribution in [0.2, 0.25) is 5.02 Å². The largest absolute Gasteiger partial charge is 0.398 e. The summed E-state index contributed by atoms with van der Waals surface area (Å²) >= 11 is 6.15. The highest BCUT2D eigenvalue weighted by Gasteiger charge is 2.13. The summed E-state index contributed by atoms with van der Waals surface area (Å²) in [6.45, 7) is 1.94. The molecule has 0 aliphatic rings. The number of aromatic nitrogens is 1. The maximum atomic E-state index is 14.3. The first kappa shape index (κ1) is 13.6. The lowest BCUT2D eigenvalue weighted by atomic mass is 10.1. The predicted octanol–water partition coefficient (Wildman–Crippen LogP) is 4.66. The zero-order valence-corrected chi connectivity index (χ0v) is 12.1. The molecule has 0 bridgehead atoms. The second-order valence-corrected chi connectivity index (χ2v) is 5.24. The van der Waals surface area contributed by atoms with Gasteiger partial charge in [0.15, 0.2) is 5.82 Å². The van der Waals surface area contributed by atoms with E-state index in [2.05, 4.69) is 10.3 Å². The summed E-state index contributed by atoms with van der Waals surface area (Å²) in [4.78, 5) is 4.23. The van der Waals surface area contributed by atoms with Gasteiger partial charge in [0.25, 0.3) is 0 Å². The van der Waals surface area contributed by atoms with Gasteiger partial charge in [-0.15, -0.1) is 0 Å². The Hall–Kier alpha value is -2.33. The third-order valence-corrected chi connectivity index (χ3v) is 3.59. The van der Waals surface area contributed by atoms with Crippen LogP contribution in [0.5, 0.6) is 0 Å². The van der Waals surface area contributed by atoms with Crippen LogP contribution in [0, 0.1) is 12.7 Å². The molecule has 0 radical (unpaired) electrons. The van der Waals surface area contributed by atoms with E-state index in [-0.39, 0.29) is 5.69 Å². The summed E-state index contributed by atoms with van der Waals surface area (Å²) in [7, 11) is 0. The standard InChI is InChI=1S/C16H13ClFN3/c1-9-4-5-11(17)14(7-9)21-16-12(18)8-13(19)10-3-2-6-20-15(10)16/h2-8,21H,19H2,1H3. The molecule has 0 unspecified atom stereocenters. The van der Waals surface area contributed by atoms with Crippen molar-refractivity contribution in [2.45, 2.75) is 6.92 Å². The maximum Gasteiger partial charge on any atom is 0.150 e. The number of nitrogens with two attached hydrogens (primary N) is 1. The van der Waals surface area contributed by atoms with Gasteiger partial charge in [-0.3, -0.25) is 4.98 Å². The molecule has 1 aromatic heterocycles. The number of anilines is 3. The fraction of sp³-hybridized carbons (Fsp3) is 0.0625. The second-order valence-electron chi connectivity index (χ2n) is 4.83. The summed E-state index contributed by atoms with van der Waals surface area (Å²) in [6, 6.07) is 10.4. The fourth-order valence-corrected chi connectivity index (χ4v) is 2.39. The molecular formula is C16H13ClFN3. The van der Waals surface area contributed by atoms with Crippen LogP contribution >= 0.6 is 11.6 Å². The lowest BCUT2D eigenvalue weighted by molar-refractivity contribution is 0.634. The first-order valence-corrected chi connectivity index (χ1v) is 6.80. The minimum absolute atomic E-state index is 0.271. The minimum atomic E-state index is -0.462. The number of fused-ring (bicyclic) bond motifs is 1. The number of nitrogen functional groups attached to an aromatic ring is 1. The molecule has 0 aliphatic carbocycles. The van der Waals surface area contributed by atoms with Gasteiger partial charge in [-0.1, -0.05) is 17.7 Å². The van der Waals surface area contributed by atoms with Crippen molar-refractivity contribution in [1.29, 1.82) is 0 Å². The number of halogens is 2. The Morgan fingerprint density at radius 1 is 1.24 bits per heavy atom. The van der Waals surface area contributed by atoms with Crippen LogP contribution in [0.25, 0.3) is 10.9 Å². The highest BCUT2D eigenvalue weighted by Crippen LogP contribution is 2.34. The number of rotatable bonds is 2. The molecule has 0 spiro atoms. The molecule has 3 aromatic rings. The van der Waals surface area contributed by atoms with E-state index < -0.39 is 5.82 Å². The SMILES string of the molecule is Cc1ccc(Cl)c(Nc2c(F)cc(N)c3cccnc23)c1. The predicted molar refractivity (Wildman–Crippen MR) is 85.6 cm³/mol. The highest BCUT2D eigenvalue weighted by molar-refractivity contribution is 6.33. The number of nitrogens with zero attached hydrogens (tertiary/aromatic N) is 1. The Morgan fingerprint density at radius 3 is 2.86 bits per heavy atom. The Morgan fingerprint density at radius 2 is 2.05 bits per heavy atom. The van der Waals surface area contributed by atoms with Gasteiger partial charge in [0.1, 0.15) is 5.69 Å². The molecule has 0 saturated heterocycles. The van der Waals surface area contributed by atoms with Crippen molar-refractivity contribution in [2.24, 2.45) is 0 Å². The van der Waals surface area contributed by atoms with Crippen molar-refractivity contribution >= 4 is 39.6 Å². The molecule has 3 N–H and O–H groups in total. The van der Waals surface area contributed by atoms with Crippen molar-refractivity contribution in [1.82, 2.24) is 4.98 Å². The van der Waals surface area contributed by atoms with Crippen LogP contribution in [0.1, 0.15) is 5.56 Å². The van der Waals surface area contributed by atoms with Crippen molar-refractivity contribution < 1.29 is 4.39 Å². The van der Waals surface area contributed by atoms with E-state index in [1.165, 1.54) is 6.07 Å². The average Bonchev–Trinajstić information content (AvgIpc) is 2.47. The summed E-state index contributed by atoms with van der Waals surface area (Å²) < 4.78 is 14.3. The Bertz CT molecular complexity index is 833. The van der Waals surface area contributed by atoms with Crippen LogP contribution in [0.15, 0.2) is 42.6 Å². The lowest BCUT2D eigenvalue weighted by Crippen LogP contribution is -2.00. The molecule has 3 rings (SSSR count). The van der Waals surface area contributed by atoms with Crippen LogP contribution in [-0.2, 0) is 0 Å². The van der Waals surface area contributed by atoms with Gasteiger partial charge in [0.2, 0.25) is 0 Å². The van der Waals surface area contributed by atoms with E-state index >= 15 is 0 Å². The van der Waals surface area contributed by atoms with Crippen LogP contribution in [0.4, 0.5) is 21.5 Å². The number of hydrogen-bond donors (Lipinski definition) is 2. The summed E-state index contributed by atoms with van der Waals surface area (Å²) in [6.07, 6.45) is 1.60. The smallest absolute Gasteiger partial charge is 0.150 e. The normalized spacial score (nSPS) is 10.8. The van der Waals surface area contributed by atoms with E-state index in [0.717, 1.165) is 5.56 Å². The summed E-state index contributed by atoms with van der Waals surface area (Å²) in [5.74, 6) is -0.462. The Labute approximate surface area is 126 Å². The molecule has 0 aliphatic heterocycles. The first-order valence-electron chi connectivity index (χ1n) is 6.42. The Kier molecular flexibility index (Phi) is 3.39. The quantitative estimate of drug-likeness (QED) is 0.677. The molecule has 3 nitrogen and oxygen atoms in total. The zero-order chi connectivity index (χ0) is 15.0. The maximum absolute atomic E-state index is 14.3. The number of benzene rings is 2. The van der Waals surface area contributed by atoms with Gasteiger partial charge in [0.05, 0.1) is 16.2 Å². The molecule has 1 heterocycles. The minimum Gasteiger partial charge on any atom is -0.398 e. The van der Waals surface area contributed by atoms with E-state index in [1.54, 1.807) is 24.4 Å². The van der Waals surface area contributed by atoms with E-state index in [4.69, 9.17) is 17.3 Å². The van der Waals surface area contributed by atoms with Crippen molar-refractivity contribution in [3.8, 4) is 0 Å². The monoisotopic (exact) mass is 301 g/mol. The molecule has 0 atom stereocenters. The summed E-state index contributed by atoms with van der Waals surface area (Å²) in [5.41, 5.74) is 8.60. The van der Waals surface area contributed by atoms with E-state index in [9.17, 15) is 4.39 Å². The molecule has 5 heteroatoms. The molecule has 0 saturated carbocycles. The van der Waals surface area contributed by atoms with Crippen LogP contribution < -0.4 is 11.1 Å². The van der Waals surface area contributed by atoms with E-state index in [1.807, 2.05) is 19.1 Å². The third kappa shape index (κ3) is 2.50. The molecule has 0 fully saturated rings. The van der Waals surface area contributed by atoms with Gasteiger partial charge in [-0.05, 0) is 42.8 Å². The van der Waals surface area contributed by atoms with Crippen molar-refractivity contribution in [2.75, 3.05) is 11.1 Å². The second kappa shape index (κ2) is 5.22. The number of hydrogen-bond acceptors (Lipinski definition) is 3. The fourth-order valence-electron chi connectivity index (χ4n) is 2.23. The van der Waals surface area contributed by atoms with E-state index in [0.29, 0.717) is 27.3 Å². The van der Waals surface area contributed by atoms with Crippen molar-refractivity contribution in [3.63, 3.8) is 0 Å². The van der Waals surface area contributed by atoms with Crippen molar-refractivity contribution in [3.05, 3.63) is 59.0 Å². The number of pyridine rings is 1. The number of aryl methyl sites for hydroxylation is 1. The van der Waals surface area contributed by atoms with Crippen LogP contribution in [-0.4, -0.2) is 4.98 Å². The van der Waals surface area contributed by atoms with Gasteiger partial charge in [0, 0.05) is 17.3 Å². The molecule has 2 aromatic carbocycles.